The average Bonchev–Trinajstić information content (AvgIpc) is 2.48. The number of pyridine rings is 2. The first-order valence-electron chi connectivity index (χ1n) is 6.00. The smallest absolute Gasteiger partial charge is 0.257 e. The molecule has 5 heteroatoms. The first kappa shape index (κ1) is 12.6. The van der Waals surface area contributed by atoms with E-state index in [1.54, 1.807) is 18.3 Å². The molecule has 0 saturated heterocycles. The molecule has 1 aromatic carbocycles. The highest BCUT2D eigenvalue weighted by molar-refractivity contribution is 6.29. The Morgan fingerprint density at radius 1 is 1.10 bits per heavy atom. The fraction of sp³-hybridized carbons (Fsp3) is 0. The summed E-state index contributed by atoms with van der Waals surface area (Å²) in [7, 11) is 0. The summed E-state index contributed by atoms with van der Waals surface area (Å²) in [6.07, 6.45) is 3.18. The SMILES string of the molecule is O=C(Nc1ccc2ncccc2c1)c1ccc(Cl)nc1. The second-order valence-electron chi connectivity index (χ2n) is 4.23. The Labute approximate surface area is 120 Å². The number of nitrogens with one attached hydrogen (secondary N) is 1. The van der Waals surface area contributed by atoms with E-state index < -0.39 is 0 Å². The van der Waals surface area contributed by atoms with Crippen molar-refractivity contribution < 1.29 is 4.79 Å². The van der Waals surface area contributed by atoms with Gasteiger partial charge in [0.15, 0.2) is 0 Å². The summed E-state index contributed by atoms with van der Waals surface area (Å²) in [4.78, 5) is 20.2. The number of fused-ring (bicyclic) bond motifs is 1. The molecule has 4 nitrogen and oxygen atoms in total. The zero-order valence-electron chi connectivity index (χ0n) is 10.4. The van der Waals surface area contributed by atoms with Crippen molar-refractivity contribution in [3.8, 4) is 0 Å². The highest BCUT2D eigenvalue weighted by Crippen LogP contribution is 2.17. The molecule has 0 aliphatic rings. The van der Waals surface area contributed by atoms with Gasteiger partial charge in [0.2, 0.25) is 0 Å². The molecule has 2 aromatic heterocycles. The van der Waals surface area contributed by atoms with Crippen LogP contribution in [0.3, 0.4) is 0 Å². The van der Waals surface area contributed by atoms with Crippen LogP contribution >= 0.6 is 11.6 Å². The number of carbonyl (C=O) groups excluding carboxylic acids is 1. The Bertz CT molecular complexity index is 771. The standard InChI is InChI=1S/C15H10ClN3O/c16-14-6-3-11(9-18-14)15(20)19-12-4-5-13-10(8-12)2-1-7-17-13/h1-9H,(H,19,20). The summed E-state index contributed by atoms with van der Waals surface area (Å²) in [5.74, 6) is -0.225. The van der Waals surface area contributed by atoms with E-state index in [4.69, 9.17) is 11.6 Å². The van der Waals surface area contributed by atoms with Gasteiger partial charge in [-0.15, -0.1) is 0 Å². The molecular formula is C15H10ClN3O. The lowest BCUT2D eigenvalue weighted by Gasteiger charge is -2.06. The average molecular weight is 284 g/mol. The molecule has 3 aromatic rings. The molecular weight excluding hydrogens is 274 g/mol. The molecule has 98 valence electrons. The molecule has 0 unspecified atom stereocenters. The molecule has 0 bridgehead atoms. The number of halogens is 1. The van der Waals surface area contributed by atoms with Crippen LogP contribution in [-0.2, 0) is 0 Å². The first-order valence-corrected chi connectivity index (χ1v) is 6.38. The maximum absolute atomic E-state index is 12.1. The third-order valence-electron chi connectivity index (χ3n) is 2.85. The predicted octanol–water partition coefficient (Wildman–Crippen LogP) is 3.54. The van der Waals surface area contributed by atoms with Crippen molar-refractivity contribution in [2.75, 3.05) is 5.32 Å². The number of hydrogen-bond donors (Lipinski definition) is 1. The quantitative estimate of drug-likeness (QED) is 0.732. The van der Waals surface area contributed by atoms with E-state index in [1.165, 1.54) is 6.20 Å². The minimum Gasteiger partial charge on any atom is -0.322 e. The molecule has 3 rings (SSSR count). The lowest BCUT2D eigenvalue weighted by Crippen LogP contribution is -2.12. The largest absolute Gasteiger partial charge is 0.322 e. The van der Waals surface area contributed by atoms with E-state index in [-0.39, 0.29) is 5.91 Å². The van der Waals surface area contributed by atoms with E-state index in [0.717, 1.165) is 10.9 Å². The van der Waals surface area contributed by atoms with E-state index >= 15 is 0 Å². The Balaban J connectivity index is 1.85. The highest BCUT2D eigenvalue weighted by Gasteiger charge is 2.07. The van der Waals surface area contributed by atoms with Crippen molar-refractivity contribution in [2.24, 2.45) is 0 Å². The maximum Gasteiger partial charge on any atom is 0.257 e. The van der Waals surface area contributed by atoms with Gasteiger partial charge in [-0.05, 0) is 36.4 Å². The van der Waals surface area contributed by atoms with Crippen LogP contribution in [0.2, 0.25) is 5.15 Å². The predicted molar refractivity (Wildman–Crippen MR) is 78.9 cm³/mol. The summed E-state index contributed by atoms with van der Waals surface area (Å²) >= 11 is 5.69. The Morgan fingerprint density at radius 2 is 2.00 bits per heavy atom. The number of rotatable bonds is 2. The topological polar surface area (TPSA) is 54.9 Å². The second kappa shape index (κ2) is 5.27. The van der Waals surface area contributed by atoms with Crippen LogP contribution in [0.5, 0.6) is 0 Å². The summed E-state index contributed by atoms with van der Waals surface area (Å²) in [6, 6.07) is 12.6. The minimum atomic E-state index is -0.225. The van der Waals surface area contributed by atoms with Crippen molar-refractivity contribution in [1.82, 2.24) is 9.97 Å². The number of nitrogens with zero attached hydrogens (tertiary/aromatic N) is 2. The number of aromatic nitrogens is 2. The van der Waals surface area contributed by atoms with Gasteiger partial charge in [-0.3, -0.25) is 9.78 Å². The normalized spacial score (nSPS) is 10.4. The number of anilines is 1. The zero-order chi connectivity index (χ0) is 13.9. The summed E-state index contributed by atoms with van der Waals surface area (Å²) in [5, 5.41) is 4.15. The Morgan fingerprint density at radius 3 is 2.80 bits per heavy atom. The van der Waals surface area contributed by atoms with Gasteiger partial charge in [-0.2, -0.15) is 0 Å². The first-order chi connectivity index (χ1) is 9.72. The molecule has 0 radical (unpaired) electrons. The molecule has 0 aliphatic carbocycles. The van der Waals surface area contributed by atoms with Crippen LogP contribution in [0, 0.1) is 0 Å². The molecule has 0 fully saturated rings. The van der Waals surface area contributed by atoms with Gasteiger partial charge in [-0.1, -0.05) is 17.7 Å². The maximum atomic E-state index is 12.1. The van der Waals surface area contributed by atoms with Crippen LogP contribution in [0.4, 0.5) is 5.69 Å². The van der Waals surface area contributed by atoms with E-state index in [2.05, 4.69) is 15.3 Å². The molecule has 2 heterocycles. The van der Waals surface area contributed by atoms with Crippen molar-refractivity contribution in [3.63, 3.8) is 0 Å². The molecule has 20 heavy (non-hydrogen) atoms. The molecule has 0 spiro atoms. The molecule has 0 aliphatic heterocycles. The van der Waals surface area contributed by atoms with Gasteiger partial charge in [0.1, 0.15) is 5.15 Å². The van der Waals surface area contributed by atoms with Crippen LogP contribution in [-0.4, -0.2) is 15.9 Å². The number of benzene rings is 1. The van der Waals surface area contributed by atoms with Crippen LogP contribution in [0.25, 0.3) is 10.9 Å². The molecule has 1 N–H and O–H groups in total. The monoisotopic (exact) mass is 283 g/mol. The van der Waals surface area contributed by atoms with E-state index in [0.29, 0.717) is 16.4 Å². The van der Waals surface area contributed by atoms with Gasteiger partial charge in [-0.25, -0.2) is 4.98 Å². The van der Waals surface area contributed by atoms with Crippen molar-refractivity contribution in [3.05, 3.63) is 65.6 Å². The number of carbonyl (C=O) groups is 1. The van der Waals surface area contributed by atoms with Gasteiger partial charge in [0, 0.05) is 23.5 Å². The lowest BCUT2D eigenvalue weighted by molar-refractivity contribution is 0.102. The van der Waals surface area contributed by atoms with Crippen molar-refractivity contribution in [1.29, 1.82) is 0 Å². The van der Waals surface area contributed by atoms with Crippen molar-refractivity contribution >= 4 is 34.1 Å². The van der Waals surface area contributed by atoms with Gasteiger partial charge >= 0.3 is 0 Å². The number of hydrogen-bond acceptors (Lipinski definition) is 3. The van der Waals surface area contributed by atoms with Crippen LogP contribution in [0.1, 0.15) is 10.4 Å². The lowest BCUT2D eigenvalue weighted by atomic mass is 10.2. The minimum absolute atomic E-state index is 0.225. The summed E-state index contributed by atoms with van der Waals surface area (Å²) < 4.78 is 0. The van der Waals surface area contributed by atoms with Gasteiger partial charge < -0.3 is 5.32 Å². The Kier molecular flexibility index (Phi) is 3.31. The number of amides is 1. The third-order valence-corrected chi connectivity index (χ3v) is 3.07. The molecule has 1 amide bonds. The summed E-state index contributed by atoms with van der Waals surface area (Å²) in [6.45, 7) is 0. The van der Waals surface area contributed by atoms with E-state index in [9.17, 15) is 4.79 Å². The zero-order valence-corrected chi connectivity index (χ0v) is 11.1. The fourth-order valence-corrected chi connectivity index (χ4v) is 1.98. The third kappa shape index (κ3) is 2.60. The molecule has 0 saturated carbocycles. The van der Waals surface area contributed by atoms with Crippen molar-refractivity contribution in [2.45, 2.75) is 0 Å². The Hall–Kier alpha value is -2.46. The highest BCUT2D eigenvalue weighted by atomic mass is 35.5. The van der Waals surface area contributed by atoms with Gasteiger partial charge in [0.05, 0.1) is 11.1 Å². The molecule has 0 atom stereocenters. The van der Waals surface area contributed by atoms with Gasteiger partial charge in [0.25, 0.3) is 5.91 Å². The second-order valence-corrected chi connectivity index (χ2v) is 4.62. The fourth-order valence-electron chi connectivity index (χ4n) is 1.87. The van der Waals surface area contributed by atoms with E-state index in [1.807, 2.05) is 30.3 Å². The van der Waals surface area contributed by atoms with Crippen LogP contribution in [0.15, 0.2) is 54.9 Å². The summed E-state index contributed by atoms with van der Waals surface area (Å²) in [5.41, 5.74) is 2.06. The van der Waals surface area contributed by atoms with Crippen LogP contribution < -0.4 is 5.32 Å².